The molecule has 6 rings (SSSR count). The van der Waals surface area contributed by atoms with Crippen LogP contribution in [-0.2, 0) is 0 Å². The lowest BCUT2D eigenvalue weighted by Gasteiger charge is -2.16. The summed E-state index contributed by atoms with van der Waals surface area (Å²) in [4.78, 5) is 0. The smallest absolute Gasteiger partial charge is 0.203 e. The largest absolute Gasteiger partial charge is 0.492 e. The zero-order valence-electron chi connectivity index (χ0n) is 20.8. The molecule has 0 atom stereocenters. The van der Waals surface area contributed by atoms with E-state index in [4.69, 9.17) is 26.5 Å². The number of hydrogen-bond donors (Lipinski definition) is 1. The third-order valence-corrected chi connectivity index (χ3v) is 7.31. The van der Waals surface area contributed by atoms with Crippen molar-refractivity contribution >= 4 is 28.3 Å². The number of anilines is 1. The van der Waals surface area contributed by atoms with Gasteiger partial charge in [-0.1, -0.05) is 36.4 Å². The standard InChI is InChI=1S/C32H29ClN2O2/c33-16-19-36-27-12-8-23(9-13-27)22-4-6-24(7-5-22)32-28-14-10-25(34)20-30(28)37-31-21-26(11-15-29(31)32)35-17-2-1-3-18-35/h4-15,20-21,34H,1-3,16-19H2/p+1. The first-order valence-corrected chi connectivity index (χ1v) is 13.5. The molecule has 2 N–H and O–H groups in total. The fourth-order valence-electron chi connectivity index (χ4n) is 5.28. The van der Waals surface area contributed by atoms with Gasteiger partial charge in [0.15, 0.2) is 0 Å². The number of fused-ring (bicyclic) bond motifs is 2. The molecular formula is C32H30ClN2O2+. The average molecular weight is 510 g/mol. The zero-order chi connectivity index (χ0) is 25.2. The summed E-state index contributed by atoms with van der Waals surface area (Å²) in [5, 5.41) is 2.28. The van der Waals surface area contributed by atoms with Crippen LogP contribution in [0.1, 0.15) is 19.3 Å². The molecule has 2 aliphatic heterocycles. The van der Waals surface area contributed by atoms with E-state index in [1.54, 1.807) is 0 Å². The van der Waals surface area contributed by atoms with Gasteiger partial charge in [0, 0.05) is 47.2 Å². The number of nitrogens with zero attached hydrogens (tertiary/aromatic N) is 1. The van der Waals surface area contributed by atoms with Gasteiger partial charge in [0.2, 0.25) is 5.36 Å². The summed E-state index contributed by atoms with van der Waals surface area (Å²) >= 11 is 5.73. The average Bonchev–Trinajstić information content (AvgIpc) is 2.95. The molecular weight excluding hydrogens is 480 g/mol. The van der Waals surface area contributed by atoms with Gasteiger partial charge < -0.3 is 14.9 Å². The van der Waals surface area contributed by atoms with E-state index in [2.05, 4.69) is 65.2 Å². The Morgan fingerprint density at radius 2 is 1.49 bits per heavy atom. The van der Waals surface area contributed by atoms with Crippen LogP contribution < -0.4 is 20.4 Å². The minimum absolute atomic E-state index is 0.478. The maximum atomic E-state index is 6.43. The van der Waals surface area contributed by atoms with Crippen LogP contribution in [0.4, 0.5) is 5.69 Å². The molecule has 2 heterocycles. The van der Waals surface area contributed by atoms with E-state index >= 15 is 0 Å². The molecule has 3 aromatic rings. The van der Waals surface area contributed by atoms with Gasteiger partial charge in [-0.25, -0.2) is 4.58 Å². The van der Waals surface area contributed by atoms with Crippen molar-refractivity contribution < 1.29 is 9.15 Å². The molecule has 0 bridgehead atoms. The number of ether oxygens (including phenoxy) is 1. The van der Waals surface area contributed by atoms with Gasteiger partial charge >= 0.3 is 0 Å². The van der Waals surface area contributed by atoms with Crippen molar-refractivity contribution in [2.45, 2.75) is 19.3 Å². The van der Waals surface area contributed by atoms with Gasteiger partial charge in [-0.15, -0.1) is 11.6 Å². The lowest BCUT2D eigenvalue weighted by Crippen LogP contribution is -2.34. The fraction of sp³-hybridized carbons (Fsp3) is 0.219. The number of nitrogen functional groups attached to an aromatic ring is 1. The molecule has 1 aliphatic carbocycles. The van der Waals surface area contributed by atoms with E-state index in [9.17, 15) is 0 Å². The Labute approximate surface area is 221 Å². The summed E-state index contributed by atoms with van der Waals surface area (Å²) in [6, 6.07) is 29.4. The Balaban J connectivity index is 1.44. The van der Waals surface area contributed by atoms with Gasteiger partial charge in [-0.2, -0.15) is 0 Å². The summed E-state index contributed by atoms with van der Waals surface area (Å²) in [7, 11) is 0. The molecule has 186 valence electrons. The van der Waals surface area contributed by atoms with Gasteiger partial charge in [-0.3, -0.25) is 0 Å². The summed E-state index contributed by atoms with van der Waals surface area (Å²) in [5.41, 5.74) is 13.3. The van der Waals surface area contributed by atoms with Crippen LogP contribution in [0.25, 0.3) is 44.5 Å². The van der Waals surface area contributed by atoms with Crippen molar-refractivity contribution in [3.8, 4) is 39.3 Å². The van der Waals surface area contributed by atoms with Gasteiger partial charge in [-0.05, 0) is 53.4 Å². The van der Waals surface area contributed by atoms with Gasteiger partial charge in [0.05, 0.1) is 11.9 Å². The maximum absolute atomic E-state index is 6.43. The first-order valence-electron chi connectivity index (χ1n) is 12.9. The normalized spacial score (nSPS) is 13.8. The minimum atomic E-state index is 0.478. The molecule has 0 amide bonds. The van der Waals surface area contributed by atoms with Crippen LogP contribution in [-0.4, -0.2) is 25.6 Å². The quantitative estimate of drug-likeness (QED) is 0.120. The molecule has 0 saturated carbocycles. The third kappa shape index (κ3) is 4.82. The lowest BCUT2D eigenvalue weighted by atomic mass is 9.92. The summed E-state index contributed by atoms with van der Waals surface area (Å²) in [6.07, 6.45) is 3.79. The van der Waals surface area contributed by atoms with Crippen molar-refractivity contribution in [3.63, 3.8) is 0 Å². The molecule has 3 aliphatic rings. The number of alkyl halides is 1. The summed E-state index contributed by atoms with van der Waals surface area (Å²) in [5.74, 6) is 2.19. The van der Waals surface area contributed by atoms with Gasteiger partial charge in [0.1, 0.15) is 36.8 Å². The first kappa shape index (κ1) is 23.6. The predicted molar refractivity (Wildman–Crippen MR) is 153 cm³/mol. The zero-order valence-corrected chi connectivity index (χ0v) is 21.5. The lowest BCUT2D eigenvalue weighted by molar-refractivity contribution is 0.343. The fourth-order valence-corrected chi connectivity index (χ4v) is 5.36. The first-order chi connectivity index (χ1) is 18.2. The van der Waals surface area contributed by atoms with Crippen LogP contribution in [0, 0.1) is 0 Å². The second-order valence-corrected chi connectivity index (χ2v) is 9.98. The highest BCUT2D eigenvalue weighted by molar-refractivity contribution is 6.18. The second-order valence-electron chi connectivity index (χ2n) is 9.60. The summed E-state index contributed by atoms with van der Waals surface area (Å²) in [6.45, 7) is 2.70. The van der Waals surface area contributed by atoms with Crippen LogP contribution in [0.2, 0.25) is 0 Å². The molecule has 37 heavy (non-hydrogen) atoms. The summed E-state index contributed by atoms with van der Waals surface area (Å²) < 4.78 is 14.5. The van der Waals surface area contributed by atoms with Crippen molar-refractivity contribution in [2.75, 3.05) is 31.3 Å². The second kappa shape index (κ2) is 10.3. The van der Waals surface area contributed by atoms with E-state index in [1.165, 1.54) is 24.6 Å². The topological polar surface area (TPSA) is 51.4 Å². The molecule has 0 spiro atoms. The van der Waals surface area contributed by atoms with E-state index in [1.807, 2.05) is 24.3 Å². The Morgan fingerprint density at radius 3 is 2.22 bits per heavy atom. The highest BCUT2D eigenvalue weighted by Gasteiger charge is 2.20. The Morgan fingerprint density at radius 1 is 0.784 bits per heavy atom. The number of nitrogens with two attached hydrogens (primary N) is 1. The monoisotopic (exact) mass is 509 g/mol. The molecule has 5 heteroatoms. The van der Waals surface area contributed by atoms with E-state index < -0.39 is 0 Å². The van der Waals surface area contributed by atoms with Gasteiger partial charge in [0.25, 0.3) is 0 Å². The Kier molecular flexibility index (Phi) is 6.58. The minimum Gasteiger partial charge on any atom is -0.492 e. The SMILES string of the molecule is Nc1ccc2c(-c3ccc(-c4ccc(OCCCl)cc4)cc3)c3ccc(=[N+]4CCCCC4)cc-3oc2c1. The molecule has 0 unspecified atom stereocenters. The van der Waals surface area contributed by atoms with Crippen LogP contribution in [0.15, 0.2) is 89.3 Å². The highest BCUT2D eigenvalue weighted by atomic mass is 35.5. The van der Waals surface area contributed by atoms with Crippen LogP contribution in [0.5, 0.6) is 5.75 Å². The van der Waals surface area contributed by atoms with Crippen molar-refractivity contribution in [2.24, 2.45) is 0 Å². The van der Waals surface area contributed by atoms with Crippen molar-refractivity contribution in [1.29, 1.82) is 0 Å². The van der Waals surface area contributed by atoms with Crippen LogP contribution in [0.3, 0.4) is 0 Å². The molecule has 4 nitrogen and oxygen atoms in total. The molecule has 0 radical (unpaired) electrons. The van der Waals surface area contributed by atoms with E-state index in [0.29, 0.717) is 18.2 Å². The third-order valence-electron chi connectivity index (χ3n) is 7.16. The predicted octanol–water partition coefficient (Wildman–Crippen LogP) is 7.03. The Bertz CT molecular complexity index is 1580. The molecule has 1 fully saturated rings. The Hall–Kier alpha value is -3.76. The number of piperidine rings is 1. The van der Waals surface area contributed by atoms with E-state index in [0.717, 1.165) is 63.4 Å². The number of benzene rings is 4. The molecule has 1 saturated heterocycles. The van der Waals surface area contributed by atoms with E-state index in [-0.39, 0.29) is 0 Å². The molecule has 0 aromatic heterocycles. The van der Waals surface area contributed by atoms with Crippen LogP contribution >= 0.6 is 11.6 Å². The number of rotatable bonds is 5. The highest BCUT2D eigenvalue weighted by Crippen LogP contribution is 2.40. The van der Waals surface area contributed by atoms with Crippen molar-refractivity contribution in [1.82, 2.24) is 4.58 Å². The number of hydrogen-bond acceptors (Lipinski definition) is 3. The maximum Gasteiger partial charge on any atom is 0.203 e. The van der Waals surface area contributed by atoms with Crippen molar-refractivity contribution in [3.05, 3.63) is 90.3 Å². The number of halogens is 1. The molecule has 3 aromatic carbocycles.